The van der Waals surface area contributed by atoms with Crippen LogP contribution in [0, 0.1) is 6.92 Å². The Kier molecular flexibility index (Phi) is 6.50. The number of amides is 1. The van der Waals surface area contributed by atoms with Gasteiger partial charge in [-0.15, -0.1) is 0 Å². The number of nitrogens with zero attached hydrogens (tertiary/aromatic N) is 2. The zero-order chi connectivity index (χ0) is 21.5. The Bertz CT molecular complexity index is 1170. The Morgan fingerprint density at radius 3 is 2.35 bits per heavy atom. The van der Waals surface area contributed by atoms with Gasteiger partial charge in [-0.1, -0.05) is 102 Å². The smallest absolute Gasteiger partial charge is 0.229 e. The van der Waals surface area contributed by atoms with Gasteiger partial charge >= 0.3 is 0 Å². The van der Waals surface area contributed by atoms with E-state index in [1.165, 1.54) is 16.9 Å². The number of anilines is 2. The highest BCUT2D eigenvalue weighted by atomic mass is 32.1. The fourth-order valence-corrected chi connectivity index (χ4v) is 3.87. The summed E-state index contributed by atoms with van der Waals surface area (Å²) in [5, 5.41) is 8.61. The molecule has 3 aromatic carbocycles. The fourth-order valence-electron chi connectivity index (χ4n) is 3.01. The Morgan fingerprint density at radius 2 is 1.65 bits per heavy atom. The van der Waals surface area contributed by atoms with Crippen LogP contribution in [0.25, 0.3) is 11.3 Å². The van der Waals surface area contributed by atoms with Crippen LogP contribution in [0.2, 0.25) is 0 Å². The molecule has 1 heterocycles. The van der Waals surface area contributed by atoms with E-state index in [0.29, 0.717) is 16.6 Å². The molecular weight excluding hydrogens is 404 g/mol. The molecular formula is C25H22N4OS. The molecule has 31 heavy (non-hydrogen) atoms. The lowest BCUT2D eigenvalue weighted by Crippen LogP contribution is -2.14. The Balaban J connectivity index is 1.55. The highest BCUT2D eigenvalue weighted by molar-refractivity contribution is 7.20. The second kappa shape index (κ2) is 9.82. The van der Waals surface area contributed by atoms with Gasteiger partial charge in [0.1, 0.15) is 10.7 Å². The topological polar surface area (TPSA) is 66.4 Å². The van der Waals surface area contributed by atoms with E-state index in [1.54, 1.807) is 6.21 Å². The number of hydrazone groups is 1. The molecule has 1 aromatic heterocycles. The number of rotatable bonds is 7. The average molecular weight is 427 g/mol. The van der Waals surface area contributed by atoms with Crippen molar-refractivity contribution in [3.05, 3.63) is 102 Å². The predicted molar refractivity (Wildman–Crippen MR) is 129 cm³/mol. The molecule has 154 valence electrons. The summed E-state index contributed by atoms with van der Waals surface area (Å²) in [6.07, 6.45) is 2.04. The standard InChI is InChI=1S/C25H22N4OS/c1-18-12-14-21(15-13-18)23-24(27-22(30)16-19-8-4-2-5-9-19)31-25(28-23)29-26-17-20-10-6-3-7-11-20/h2-15,17H,16H2,1H3,(H,27,30)(H,28,29)/b26-17+. The number of benzene rings is 3. The van der Waals surface area contributed by atoms with E-state index < -0.39 is 0 Å². The zero-order valence-electron chi connectivity index (χ0n) is 17.1. The molecule has 4 aromatic rings. The SMILES string of the molecule is Cc1ccc(-c2nc(N/N=C/c3ccccc3)sc2NC(=O)Cc2ccccc2)cc1. The van der Waals surface area contributed by atoms with Crippen molar-refractivity contribution in [3.63, 3.8) is 0 Å². The normalized spacial score (nSPS) is 10.9. The monoisotopic (exact) mass is 426 g/mol. The number of aryl methyl sites for hydroxylation is 1. The third-order valence-electron chi connectivity index (χ3n) is 4.59. The summed E-state index contributed by atoms with van der Waals surface area (Å²) in [4.78, 5) is 17.3. The molecule has 0 fully saturated rings. The molecule has 0 aliphatic carbocycles. The van der Waals surface area contributed by atoms with Gasteiger partial charge in [0.05, 0.1) is 12.6 Å². The summed E-state index contributed by atoms with van der Waals surface area (Å²) >= 11 is 1.36. The van der Waals surface area contributed by atoms with E-state index in [4.69, 9.17) is 0 Å². The lowest BCUT2D eigenvalue weighted by molar-refractivity contribution is -0.115. The minimum Gasteiger partial charge on any atom is -0.316 e. The molecule has 0 aliphatic rings. The maximum Gasteiger partial charge on any atom is 0.229 e. The van der Waals surface area contributed by atoms with Crippen molar-refractivity contribution in [2.24, 2.45) is 5.10 Å². The van der Waals surface area contributed by atoms with Crippen LogP contribution in [0.3, 0.4) is 0 Å². The van der Waals surface area contributed by atoms with Crippen molar-refractivity contribution < 1.29 is 4.79 Å². The lowest BCUT2D eigenvalue weighted by Gasteiger charge is -2.06. The van der Waals surface area contributed by atoms with E-state index in [-0.39, 0.29) is 5.91 Å². The van der Waals surface area contributed by atoms with Gasteiger partial charge < -0.3 is 5.32 Å². The van der Waals surface area contributed by atoms with Gasteiger partial charge in [-0.3, -0.25) is 10.2 Å². The van der Waals surface area contributed by atoms with Crippen LogP contribution in [0.15, 0.2) is 90.0 Å². The third kappa shape index (κ3) is 5.65. The van der Waals surface area contributed by atoms with Gasteiger partial charge in [0, 0.05) is 5.56 Å². The predicted octanol–water partition coefficient (Wildman–Crippen LogP) is 5.75. The number of hydrogen-bond acceptors (Lipinski definition) is 5. The molecule has 0 bridgehead atoms. The lowest BCUT2D eigenvalue weighted by atomic mass is 10.1. The molecule has 0 unspecified atom stereocenters. The maximum absolute atomic E-state index is 12.6. The minimum atomic E-state index is -0.0810. The van der Waals surface area contributed by atoms with Gasteiger partial charge in [-0.25, -0.2) is 4.98 Å². The van der Waals surface area contributed by atoms with Crippen LogP contribution in [-0.2, 0) is 11.2 Å². The van der Waals surface area contributed by atoms with Gasteiger partial charge in [0.15, 0.2) is 0 Å². The van der Waals surface area contributed by atoms with Crippen molar-refractivity contribution >= 4 is 33.6 Å². The minimum absolute atomic E-state index is 0.0810. The van der Waals surface area contributed by atoms with E-state index in [2.05, 4.69) is 20.8 Å². The largest absolute Gasteiger partial charge is 0.316 e. The summed E-state index contributed by atoms with van der Waals surface area (Å²) in [5.41, 5.74) is 7.77. The van der Waals surface area contributed by atoms with Crippen molar-refractivity contribution in [3.8, 4) is 11.3 Å². The van der Waals surface area contributed by atoms with E-state index >= 15 is 0 Å². The van der Waals surface area contributed by atoms with Crippen molar-refractivity contribution in [1.82, 2.24) is 4.98 Å². The first-order valence-electron chi connectivity index (χ1n) is 9.93. The Hall–Kier alpha value is -3.77. The molecule has 6 heteroatoms. The van der Waals surface area contributed by atoms with E-state index in [9.17, 15) is 4.79 Å². The molecule has 0 saturated carbocycles. The highest BCUT2D eigenvalue weighted by Crippen LogP contribution is 2.36. The number of carbonyl (C=O) groups is 1. The average Bonchev–Trinajstić information content (AvgIpc) is 3.18. The van der Waals surface area contributed by atoms with Crippen LogP contribution >= 0.6 is 11.3 Å². The van der Waals surface area contributed by atoms with Gasteiger partial charge in [-0.05, 0) is 18.1 Å². The Morgan fingerprint density at radius 1 is 0.968 bits per heavy atom. The molecule has 0 saturated heterocycles. The van der Waals surface area contributed by atoms with Crippen LogP contribution in [0.4, 0.5) is 10.1 Å². The Labute approximate surface area is 185 Å². The summed E-state index contributed by atoms with van der Waals surface area (Å²) in [5.74, 6) is -0.0810. The first-order valence-corrected chi connectivity index (χ1v) is 10.7. The molecule has 5 nitrogen and oxygen atoms in total. The third-order valence-corrected chi connectivity index (χ3v) is 5.46. The quantitative estimate of drug-likeness (QED) is 0.292. The van der Waals surface area contributed by atoms with Gasteiger partial charge in [-0.2, -0.15) is 5.10 Å². The molecule has 2 N–H and O–H groups in total. The second-order valence-electron chi connectivity index (χ2n) is 7.05. The van der Waals surface area contributed by atoms with Crippen LogP contribution in [0.5, 0.6) is 0 Å². The molecule has 0 radical (unpaired) electrons. The van der Waals surface area contributed by atoms with Gasteiger partial charge in [0.25, 0.3) is 0 Å². The summed E-state index contributed by atoms with van der Waals surface area (Å²) in [7, 11) is 0. The van der Waals surface area contributed by atoms with E-state index in [0.717, 1.165) is 22.4 Å². The zero-order valence-corrected chi connectivity index (χ0v) is 17.9. The first kappa shape index (κ1) is 20.5. The highest BCUT2D eigenvalue weighted by Gasteiger charge is 2.16. The number of aromatic nitrogens is 1. The summed E-state index contributed by atoms with van der Waals surface area (Å²) < 4.78 is 0. The molecule has 0 spiro atoms. The summed E-state index contributed by atoms with van der Waals surface area (Å²) in [6, 6.07) is 27.6. The second-order valence-corrected chi connectivity index (χ2v) is 8.05. The van der Waals surface area contributed by atoms with Crippen molar-refractivity contribution in [2.45, 2.75) is 13.3 Å². The number of thiazole rings is 1. The van der Waals surface area contributed by atoms with Crippen LogP contribution in [0.1, 0.15) is 16.7 Å². The molecule has 0 atom stereocenters. The number of nitrogens with one attached hydrogen (secondary N) is 2. The maximum atomic E-state index is 12.6. The molecule has 0 aliphatic heterocycles. The summed E-state index contributed by atoms with van der Waals surface area (Å²) in [6.45, 7) is 2.04. The molecule has 1 amide bonds. The van der Waals surface area contributed by atoms with Crippen molar-refractivity contribution in [2.75, 3.05) is 10.7 Å². The number of carbonyl (C=O) groups excluding carboxylic acids is 1. The van der Waals surface area contributed by atoms with Crippen LogP contribution < -0.4 is 10.7 Å². The van der Waals surface area contributed by atoms with Crippen molar-refractivity contribution in [1.29, 1.82) is 0 Å². The first-order chi connectivity index (χ1) is 15.2. The van der Waals surface area contributed by atoms with Gasteiger partial charge in [0.2, 0.25) is 11.0 Å². The van der Waals surface area contributed by atoms with E-state index in [1.807, 2.05) is 91.9 Å². The van der Waals surface area contributed by atoms with Crippen LogP contribution in [-0.4, -0.2) is 17.1 Å². The number of hydrogen-bond donors (Lipinski definition) is 2. The fraction of sp³-hybridized carbons (Fsp3) is 0.0800. The molecule has 4 rings (SSSR count).